The summed E-state index contributed by atoms with van der Waals surface area (Å²) in [7, 11) is 4.10. The first kappa shape index (κ1) is 13.8. The van der Waals surface area contributed by atoms with Gasteiger partial charge in [0, 0.05) is 24.3 Å². The van der Waals surface area contributed by atoms with Crippen molar-refractivity contribution in [3.05, 3.63) is 41.2 Å². The summed E-state index contributed by atoms with van der Waals surface area (Å²) in [4.78, 5) is 21.9. The number of aromatic amines is 1. The van der Waals surface area contributed by atoms with Crippen LogP contribution in [-0.4, -0.2) is 41.4 Å². The Morgan fingerprint density at radius 2 is 2.19 bits per heavy atom. The van der Waals surface area contributed by atoms with Crippen LogP contribution in [0.3, 0.4) is 0 Å². The second-order valence-corrected chi connectivity index (χ2v) is 5.71. The molecule has 1 aliphatic heterocycles. The highest BCUT2D eigenvalue weighted by molar-refractivity contribution is 5.94. The molecule has 0 unspecified atom stereocenters. The lowest BCUT2D eigenvalue weighted by Crippen LogP contribution is -2.23. The molecule has 1 aromatic carbocycles. The molecule has 5 nitrogen and oxygen atoms in total. The Kier molecular flexibility index (Phi) is 3.75. The summed E-state index contributed by atoms with van der Waals surface area (Å²) in [5.74, 6) is 0.701. The van der Waals surface area contributed by atoms with Gasteiger partial charge in [-0.3, -0.25) is 4.79 Å². The lowest BCUT2D eigenvalue weighted by Gasteiger charge is -2.10. The molecule has 2 heterocycles. The van der Waals surface area contributed by atoms with Gasteiger partial charge in [-0.25, -0.2) is 4.98 Å². The zero-order chi connectivity index (χ0) is 14.8. The first-order chi connectivity index (χ1) is 10.1. The molecule has 1 aromatic heterocycles. The summed E-state index contributed by atoms with van der Waals surface area (Å²) in [6.45, 7) is 1.60. The second kappa shape index (κ2) is 5.69. The van der Waals surface area contributed by atoms with Crippen molar-refractivity contribution in [2.75, 3.05) is 20.6 Å². The number of rotatable bonds is 3. The minimum absolute atomic E-state index is 0.0746. The number of nitrogens with zero attached hydrogens (tertiary/aromatic N) is 2. The molecule has 0 fully saturated rings. The number of carbonyl (C=O) groups is 1. The van der Waals surface area contributed by atoms with E-state index in [1.807, 2.05) is 26.2 Å². The van der Waals surface area contributed by atoms with Crippen LogP contribution < -0.4 is 5.32 Å². The van der Waals surface area contributed by atoms with E-state index in [1.54, 1.807) is 0 Å². The number of hydrogen-bond donors (Lipinski definition) is 2. The average Bonchev–Trinajstić information content (AvgIpc) is 2.80. The minimum Gasteiger partial charge on any atom is -0.351 e. The maximum atomic E-state index is 12.0. The number of aryl methyl sites for hydroxylation is 1. The standard InChI is InChI=1S/C16H20N4O/c1-20(2)10-11-5-3-6-12(9-11)15-18-13-7-4-8-17-16(21)14(13)19-15/h3,5-6,9H,4,7-8,10H2,1-2H3,(H,17,21)(H,18,19). The Morgan fingerprint density at radius 1 is 1.33 bits per heavy atom. The van der Waals surface area contributed by atoms with Crippen molar-refractivity contribution in [2.24, 2.45) is 0 Å². The van der Waals surface area contributed by atoms with Gasteiger partial charge in [-0.15, -0.1) is 0 Å². The topological polar surface area (TPSA) is 61.0 Å². The maximum Gasteiger partial charge on any atom is 0.271 e. The quantitative estimate of drug-likeness (QED) is 0.903. The Balaban J connectivity index is 1.94. The van der Waals surface area contributed by atoms with Crippen LogP contribution in [0.25, 0.3) is 11.4 Å². The van der Waals surface area contributed by atoms with Crippen molar-refractivity contribution in [2.45, 2.75) is 19.4 Å². The van der Waals surface area contributed by atoms with Gasteiger partial charge in [-0.05, 0) is 38.6 Å². The predicted octanol–water partition coefficient (Wildman–Crippen LogP) is 1.81. The molecular formula is C16H20N4O. The largest absolute Gasteiger partial charge is 0.351 e. The van der Waals surface area contributed by atoms with Gasteiger partial charge in [0.05, 0.1) is 0 Å². The number of carbonyl (C=O) groups excluding carboxylic acids is 1. The van der Waals surface area contributed by atoms with Crippen molar-refractivity contribution in [3.63, 3.8) is 0 Å². The van der Waals surface area contributed by atoms with Gasteiger partial charge in [-0.1, -0.05) is 18.2 Å². The van der Waals surface area contributed by atoms with Crippen LogP contribution in [0.4, 0.5) is 0 Å². The fourth-order valence-corrected chi connectivity index (χ4v) is 2.65. The summed E-state index contributed by atoms with van der Waals surface area (Å²) in [6.07, 6.45) is 1.81. The third kappa shape index (κ3) is 2.97. The van der Waals surface area contributed by atoms with Crippen LogP contribution in [0, 0.1) is 0 Å². The van der Waals surface area contributed by atoms with Crippen LogP contribution >= 0.6 is 0 Å². The first-order valence-electron chi connectivity index (χ1n) is 7.24. The highest BCUT2D eigenvalue weighted by Crippen LogP contribution is 2.21. The lowest BCUT2D eigenvalue weighted by molar-refractivity contribution is 0.0951. The van der Waals surface area contributed by atoms with E-state index in [0.29, 0.717) is 5.69 Å². The zero-order valence-corrected chi connectivity index (χ0v) is 12.4. The fourth-order valence-electron chi connectivity index (χ4n) is 2.65. The Morgan fingerprint density at radius 3 is 3.00 bits per heavy atom. The van der Waals surface area contributed by atoms with Crippen LogP contribution in [0.2, 0.25) is 0 Å². The highest BCUT2D eigenvalue weighted by Gasteiger charge is 2.20. The number of imidazole rings is 1. The molecule has 2 aromatic rings. The molecule has 1 amide bonds. The SMILES string of the molecule is CN(C)Cc1cccc(-c2nc3c([nH]2)CCCNC3=O)c1. The summed E-state index contributed by atoms with van der Waals surface area (Å²) in [6, 6.07) is 8.28. The maximum absolute atomic E-state index is 12.0. The monoisotopic (exact) mass is 284 g/mol. The normalized spacial score (nSPS) is 14.7. The van der Waals surface area contributed by atoms with Gasteiger partial charge in [0.25, 0.3) is 5.91 Å². The number of nitrogens with one attached hydrogen (secondary N) is 2. The average molecular weight is 284 g/mol. The van der Waals surface area contributed by atoms with Crippen LogP contribution in [0.5, 0.6) is 0 Å². The number of amides is 1. The Labute approximate surface area is 124 Å². The molecule has 0 bridgehead atoms. The first-order valence-corrected chi connectivity index (χ1v) is 7.24. The van der Waals surface area contributed by atoms with E-state index >= 15 is 0 Å². The van der Waals surface area contributed by atoms with Crippen molar-refractivity contribution in [1.29, 1.82) is 0 Å². The molecular weight excluding hydrogens is 264 g/mol. The summed E-state index contributed by atoms with van der Waals surface area (Å²) in [5, 5.41) is 2.87. The third-order valence-corrected chi connectivity index (χ3v) is 3.58. The second-order valence-electron chi connectivity index (χ2n) is 5.71. The minimum atomic E-state index is -0.0746. The third-order valence-electron chi connectivity index (χ3n) is 3.58. The van der Waals surface area contributed by atoms with Gasteiger partial charge in [-0.2, -0.15) is 0 Å². The van der Waals surface area contributed by atoms with Gasteiger partial charge in [0.2, 0.25) is 0 Å². The zero-order valence-electron chi connectivity index (χ0n) is 12.4. The Hall–Kier alpha value is -2.14. The van der Waals surface area contributed by atoms with Gasteiger partial charge < -0.3 is 15.2 Å². The van der Waals surface area contributed by atoms with E-state index in [9.17, 15) is 4.79 Å². The van der Waals surface area contributed by atoms with Crippen molar-refractivity contribution in [1.82, 2.24) is 20.2 Å². The van der Waals surface area contributed by atoms with Gasteiger partial charge in [0.15, 0.2) is 0 Å². The number of hydrogen-bond acceptors (Lipinski definition) is 3. The number of fused-ring (bicyclic) bond motifs is 1. The number of aromatic nitrogens is 2. The summed E-state index contributed by atoms with van der Waals surface area (Å²) in [5.41, 5.74) is 3.74. The van der Waals surface area contributed by atoms with Crippen LogP contribution in [-0.2, 0) is 13.0 Å². The van der Waals surface area contributed by atoms with Crippen molar-refractivity contribution >= 4 is 5.91 Å². The number of H-pyrrole nitrogens is 1. The molecule has 0 saturated carbocycles. The molecule has 1 aliphatic rings. The molecule has 0 saturated heterocycles. The number of benzene rings is 1. The van der Waals surface area contributed by atoms with E-state index in [0.717, 1.165) is 43.0 Å². The van der Waals surface area contributed by atoms with E-state index < -0.39 is 0 Å². The van der Waals surface area contributed by atoms with E-state index in [1.165, 1.54) is 5.56 Å². The molecule has 0 atom stereocenters. The van der Waals surface area contributed by atoms with Gasteiger partial charge >= 0.3 is 0 Å². The van der Waals surface area contributed by atoms with Crippen LogP contribution in [0.15, 0.2) is 24.3 Å². The van der Waals surface area contributed by atoms with Gasteiger partial charge in [0.1, 0.15) is 11.5 Å². The highest BCUT2D eigenvalue weighted by atomic mass is 16.1. The predicted molar refractivity (Wildman–Crippen MR) is 82.1 cm³/mol. The van der Waals surface area contributed by atoms with Crippen molar-refractivity contribution < 1.29 is 4.79 Å². The Bertz CT molecular complexity index is 660. The van der Waals surface area contributed by atoms with E-state index in [-0.39, 0.29) is 5.91 Å². The molecule has 0 aliphatic carbocycles. The van der Waals surface area contributed by atoms with Crippen LogP contribution in [0.1, 0.15) is 28.2 Å². The smallest absolute Gasteiger partial charge is 0.271 e. The molecule has 0 radical (unpaired) electrons. The summed E-state index contributed by atoms with van der Waals surface area (Å²) < 4.78 is 0. The molecule has 0 spiro atoms. The molecule has 21 heavy (non-hydrogen) atoms. The van der Waals surface area contributed by atoms with E-state index in [4.69, 9.17) is 0 Å². The molecule has 5 heteroatoms. The molecule has 110 valence electrons. The summed E-state index contributed by atoms with van der Waals surface area (Å²) >= 11 is 0. The molecule has 3 rings (SSSR count). The lowest BCUT2D eigenvalue weighted by atomic mass is 10.1. The fraction of sp³-hybridized carbons (Fsp3) is 0.375. The van der Waals surface area contributed by atoms with E-state index in [2.05, 4.69) is 32.3 Å². The van der Waals surface area contributed by atoms with Crippen molar-refractivity contribution in [3.8, 4) is 11.4 Å². The molecule has 2 N–H and O–H groups in total.